The Morgan fingerprint density at radius 3 is 3.11 bits per heavy atom. The van der Waals surface area contributed by atoms with Gasteiger partial charge in [-0.05, 0) is 22.0 Å². The van der Waals surface area contributed by atoms with E-state index >= 15 is 0 Å². The molecule has 0 aromatic rings. The molecule has 0 aliphatic carbocycles. The van der Waals surface area contributed by atoms with Gasteiger partial charge in [0.15, 0.2) is 0 Å². The molecule has 1 aliphatic heterocycles. The average molecular weight is 189 g/mol. The highest BCUT2D eigenvalue weighted by Crippen LogP contribution is 2.00. The summed E-state index contributed by atoms with van der Waals surface area (Å²) in [5.41, 5.74) is 0. The van der Waals surface area contributed by atoms with Crippen molar-refractivity contribution in [3.8, 4) is 0 Å². The summed E-state index contributed by atoms with van der Waals surface area (Å²) in [6.07, 6.45) is 4.13. The molecular weight excluding hydrogens is 184 g/mol. The SMILES string of the molecule is O=CN1C=CC(Br)=NC1. The van der Waals surface area contributed by atoms with Gasteiger partial charge in [0.25, 0.3) is 0 Å². The van der Waals surface area contributed by atoms with E-state index < -0.39 is 0 Å². The maximum Gasteiger partial charge on any atom is 0.215 e. The second-order valence-electron chi connectivity index (χ2n) is 1.56. The number of halogens is 1. The molecule has 3 nitrogen and oxygen atoms in total. The predicted molar refractivity (Wildman–Crippen MR) is 38.3 cm³/mol. The van der Waals surface area contributed by atoms with Crippen LogP contribution in [0.5, 0.6) is 0 Å². The molecule has 1 rings (SSSR count). The number of carbonyl (C=O) groups excluding carboxylic acids is 1. The summed E-state index contributed by atoms with van der Waals surface area (Å²) >= 11 is 3.17. The van der Waals surface area contributed by atoms with Crippen molar-refractivity contribution in [3.63, 3.8) is 0 Å². The van der Waals surface area contributed by atoms with E-state index in [0.29, 0.717) is 6.67 Å². The first-order valence-electron chi connectivity index (χ1n) is 2.42. The van der Waals surface area contributed by atoms with E-state index in [0.717, 1.165) is 11.0 Å². The van der Waals surface area contributed by atoms with Gasteiger partial charge in [-0.1, -0.05) is 0 Å². The number of rotatable bonds is 1. The lowest BCUT2D eigenvalue weighted by Gasteiger charge is -2.11. The molecule has 0 N–H and O–H groups in total. The van der Waals surface area contributed by atoms with Crippen LogP contribution in [0, 0.1) is 0 Å². The van der Waals surface area contributed by atoms with Crippen LogP contribution in [0.15, 0.2) is 17.3 Å². The van der Waals surface area contributed by atoms with Crippen molar-refractivity contribution in [2.75, 3.05) is 6.67 Å². The molecule has 0 fully saturated rings. The minimum atomic E-state index is 0.417. The fourth-order valence-electron chi connectivity index (χ4n) is 0.475. The third-order valence-electron chi connectivity index (χ3n) is 0.924. The van der Waals surface area contributed by atoms with Gasteiger partial charge in [0, 0.05) is 6.20 Å². The second-order valence-corrected chi connectivity index (χ2v) is 2.37. The van der Waals surface area contributed by atoms with Crippen molar-refractivity contribution in [2.24, 2.45) is 4.99 Å². The Hall–Kier alpha value is -0.640. The number of nitrogens with zero attached hydrogens (tertiary/aromatic N) is 2. The molecule has 9 heavy (non-hydrogen) atoms. The van der Waals surface area contributed by atoms with Gasteiger partial charge >= 0.3 is 0 Å². The summed E-state index contributed by atoms with van der Waals surface area (Å²) in [6.45, 7) is 0.417. The molecule has 4 heteroatoms. The van der Waals surface area contributed by atoms with E-state index in [1.165, 1.54) is 4.90 Å². The summed E-state index contributed by atoms with van der Waals surface area (Å²) in [6, 6.07) is 0. The molecule has 1 amide bonds. The fourth-order valence-corrected chi connectivity index (χ4v) is 0.705. The van der Waals surface area contributed by atoms with Crippen LogP contribution in [0.4, 0.5) is 0 Å². The van der Waals surface area contributed by atoms with E-state index in [-0.39, 0.29) is 0 Å². The molecule has 0 saturated heterocycles. The number of hydrogen-bond donors (Lipinski definition) is 0. The zero-order valence-corrected chi connectivity index (χ0v) is 6.21. The van der Waals surface area contributed by atoms with Crippen LogP contribution in [0.2, 0.25) is 0 Å². The van der Waals surface area contributed by atoms with Crippen molar-refractivity contribution >= 4 is 27.0 Å². The van der Waals surface area contributed by atoms with Crippen LogP contribution in [-0.4, -0.2) is 22.6 Å². The lowest BCUT2D eigenvalue weighted by atomic mass is 10.6. The topological polar surface area (TPSA) is 32.7 Å². The van der Waals surface area contributed by atoms with Crippen LogP contribution >= 0.6 is 15.9 Å². The molecule has 0 aromatic carbocycles. The summed E-state index contributed by atoms with van der Waals surface area (Å²) in [4.78, 5) is 15.4. The highest BCUT2D eigenvalue weighted by Gasteiger charge is 1.99. The van der Waals surface area contributed by atoms with Crippen LogP contribution in [0.25, 0.3) is 0 Å². The van der Waals surface area contributed by atoms with Gasteiger partial charge in [-0.2, -0.15) is 0 Å². The van der Waals surface area contributed by atoms with Crippen molar-refractivity contribution in [3.05, 3.63) is 12.3 Å². The normalized spacial score (nSPS) is 17.4. The molecule has 0 radical (unpaired) electrons. The fraction of sp³-hybridized carbons (Fsp3) is 0.200. The molecule has 0 unspecified atom stereocenters. The molecular formula is C5H5BrN2O. The van der Waals surface area contributed by atoms with Gasteiger partial charge in [-0.3, -0.25) is 9.79 Å². The minimum absolute atomic E-state index is 0.417. The molecule has 48 valence electrons. The number of carbonyl (C=O) groups is 1. The Balaban J connectivity index is 2.58. The third kappa shape index (κ3) is 1.64. The number of allylic oxidation sites excluding steroid dienone is 1. The lowest BCUT2D eigenvalue weighted by Crippen LogP contribution is -2.18. The van der Waals surface area contributed by atoms with Crippen molar-refractivity contribution in [1.82, 2.24) is 4.90 Å². The first-order valence-corrected chi connectivity index (χ1v) is 3.21. The Morgan fingerprint density at radius 2 is 2.67 bits per heavy atom. The molecule has 0 bridgehead atoms. The van der Waals surface area contributed by atoms with Crippen LogP contribution < -0.4 is 0 Å². The largest absolute Gasteiger partial charge is 0.301 e. The predicted octanol–water partition coefficient (Wildman–Crippen LogP) is 0.723. The third-order valence-corrected chi connectivity index (χ3v) is 1.44. The second kappa shape index (κ2) is 2.77. The monoisotopic (exact) mass is 188 g/mol. The van der Waals surface area contributed by atoms with Crippen molar-refractivity contribution in [1.29, 1.82) is 0 Å². The lowest BCUT2D eigenvalue weighted by molar-refractivity contribution is -0.115. The zero-order valence-electron chi connectivity index (χ0n) is 4.62. The van der Waals surface area contributed by atoms with Crippen LogP contribution in [0.3, 0.4) is 0 Å². The van der Waals surface area contributed by atoms with Gasteiger partial charge < -0.3 is 4.90 Å². The minimum Gasteiger partial charge on any atom is -0.301 e. The average Bonchev–Trinajstić information content (AvgIpc) is 1.90. The summed E-state index contributed by atoms with van der Waals surface area (Å²) in [5.74, 6) is 0. The zero-order chi connectivity index (χ0) is 6.69. The van der Waals surface area contributed by atoms with E-state index in [2.05, 4.69) is 20.9 Å². The maximum atomic E-state index is 10.1. The Labute approximate surface area is 61.2 Å². The van der Waals surface area contributed by atoms with Crippen LogP contribution in [-0.2, 0) is 4.79 Å². The van der Waals surface area contributed by atoms with E-state index in [4.69, 9.17) is 0 Å². The Kier molecular flexibility index (Phi) is 2.00. The van der Waals surface area contributed by atoms with Crippen molar-refractivity contribution in [2.45, 2.75) is 0 Å². The van der Waals surface area contributed by atoms with Gasteiger partial charge in [-0.15, -0.1) is 0 Å². The molecule has 0 saturated carbocycles. The summed E-state index contributed by atoms with van der Waals surface area (Å²) < 4.78 is 0.778. The number of aliphatic imine (C=N–C) groups is 1. The molecule has 0 atom stereocenters. The van der Waals surface area contributed by atoms with E-state index in [9.17, 15) is 4.79 Å². The van der Waals surface area contributed by atoms with E-state index in [1.54, 1.807) is 12.3 Å². The molecule has 0 spiro atoms. The number of hydrogen-bond acceptors (Lipinski definition) is 2. The standard InChI is InChI=1S/C5H5BrN2O/c6-5-1-2-8(4-9)3-7-5/h1-2,4H,3H2. The maximum absolute atomic E-state index is 10.1. The first-order chi connectivity index (χ1) is 4.33. The Bertz CT molecular complexity index is 176. The van der Waals surface area contributed by atoms with Gasteiger partial charge in [-0.25, -0.2) is 0 Å². The molecule has 0 aromatic heterocycles. The number of amides is 1. The summed E-state index contributed by atoms with van der Waals surface area (Å²) in [5, 5.41) is 0. The highest BCUT2D eigenvalue weighted by atomic mass is 79.9. The molecule has 1 aliphatic rings. The quantitative estimate of drug-likeness (QED) is 0.559. The highest BCUT2D eigenvalue weighted by molar-refractivity contribution is 9.18. The van der Waals surface area contributed by atoms with Gasteiger partial charge in [0.1, 0.15) is 11.3 Å². The summed E-state index contributed by atoms with van der Waals surface area (Å²) in [7, 11) is 0. The van der Waals surface area contributed by atoms with Gasteiger partial charge in [0.2, 0.25) is 6.41 Å². The first kappa shape index (κ1) is 6.48. The van der Waals surface area contributed by atoms with Crippen LogP contribution in [0.1, 0.15) is 0 Å². The Morgan fingerprint density at radius 1 is 1.89 bits per heavy atom. The van der Waals surface area contributed by atoms with Crippen molar-refractivity contribution < 1.29 is 4.79 Å². The van der Waals surface area contributed by atoms with E-state index in [1.807, 2.05) is 0 Å². The molecule has 1 heterocycles. The smallest absolute Gasteiger partial charge is 0.215 e. The van der Waals surface area contributed by atoms with Gasteiger partial charge in [0.05, 0.1) is 0 Å².